The fourth-order valence-corrected chi connectivity index (χ4v) is 4.28. The zero-order valence-electron chi connectivity index (χ0n) is 10.4. The summed E-state index contributed by atoms with van der Waals surface area (Å²) < 4.78 is 0. The van der Waals surface area contributed by atoms with Crippen LogP contribution in [0.5, 0.6) is 0 Å². The minimum Gasteiger partial charge on any atom is -0.398 e. The number of nitrogens with two attached hydrogens (primary N) is 1. The molecule has 0 aromatic heterocycles. The molecule has 0 aliphatic heterocycles. The first-order valence-electron chi connectivity index (χ1n) is 6.77. The molecule has 92 valence electrons. The second-order valence-corrected chi connectivity index (χ2v) is 6.11. The Labute approximate surface area is 107 Å². The van der Waals surface area contributed by atoms with Gasteiger partial charge in [-0.3, -0.25) is 4.79 Å². The third kappa shape index (κ3) is 1.16. The van der Waals surface area contributed by atoms with Gasteiger partial charge >= 0.3 is 0 Å². The largest absolute Gasteiger partial charge is 0.398 e. The molecule has 1 spiro atoms. The Morgan fingerprint density at radius 2 is 2.17 bits per heavy atom. The lowest BCUT2D eigenvalue weighted by Crippen LogP contribution is -2.42. The number of benzene rings is 1. The summed E-state index contributed by atoms with van der Waals surface area (Å²) in [5.41, 5.74) is 9.23. The minimum absolute atomic E-state index is 0.123. The van der Waals surface area contributed by atoms with Crippen LogP contribution in [0.3, 0.4) is 0 Å². The first kappa shape index (κ1) is 10.4. The van der Waals surface area contributed by atoms with Gasteiger partial charge in [0.15, 0.2) is 0 Å². The van der Waals surface area contributed by atoms with Gasteiger partial charge in [0.1, 0.15) is 5.78 Å². The lowest BCUT2D eigenvalue weighted by atomic mass is 9.63. The maximum Gasteiger partial charge on any atom is 0.144 e. The Hall–Kier alpha value is -1.57. The van der Waals surface area contributed by atoms with E-state index < -0.39 is 0 Å². The van der Waals surface area contributed by atoms with Crippen molar-refractivity contribution >= 4 is 11.5 Å². The fourth-order valence-electron chi connectivity index (χ4n) is 4.28. The lowest BCUT2D eigenvalue weighted by molar-refractivity contribution is -0.130. The van der Waals surface area contributed by atoms with Crippen molar-refractivity contribution < 1.29 is 4.79 Å². The van der Waals surface area contributed by atoms with Crippen LogP contribution >= 0.6 is 0 Å². The molecule has 3 aliphatic carbocycles. The second kappa shape index (κ2) is 3.25. The molecule has 3 aliphatic rings. The topological polar surface area (TPSA) is 43.1 Å². The Kier molecular flexibility index (Phi) is 1.87. The molecule has 1 fully saturated rings. The zero-order chi connectivity index (χ0) is 12.3. The van der Waals surface area contributed by atoms with Crippen LogP contribution in [0.2, 0.25) is 0 Å². The summed E-state index contributed by atoms with van der Waals surface area (Å²) in [7, 11) is 0. The molecule has 2 heteroatoms. The average Bonchev–Trinajstić information content (AvgIpc) is 2.93. The Bertz CT molecular complexity index is 574. The second-order valence-electron chi connectivity index (χ2n) is 6.11. The number of Topliss-reactive ketones (excluding diaryl/α,β-unsaturated/α-hetero) is 1. The summed E-state index contributed by atoms with van der Waals surface area (Å²) >= 11 is 0. The van der Waals surface area contributed by atoms with Crippen LogP contribution in [-0.2, 0) is 17.6 Å². The average molecular weight is 239 g/mol. The smallest absolute Gasteiger partial charge is 0.144 e. The van der Waals surface area contributed by atoms with Gasteiger partial charge < -0.3 is 5.73 Å². The number of allylic oxidation sites excluding steroid dienone is 2. The molecule has 1 saturated carbocycles. The van der Waals surface area contributed by atoms with Crippen LogP contribution in [0.15, 0.2) is 30.4 Å². The van der Waals surface area contributed by atoms with Crippen LogP contribution in [0.25, 0.3) is 0 Å². The SMILES string of the molecule is Nc1cccc2c1CC1(CC3C=CC1C3)C(=O)C2. The van der Waals surface area contributed by atoms with Gasteiger partial charge in [0.25, 0.3) is 0 Å². The molecular weight excluding hydrogens is 222 g/mol. The van der Waals surface area contributed by atoms with Crippen LogP contribution in [-0.4, -0.2) is 5.78 Å². The van der Waals surface area contributed by atoms with Gasteiger partial charge in [0, 0.05) is 17.5 Å². The molecule has 2 nitrogen and oxygen atoms in total. The van der Waals surface area contributed by atoms with Gasteiger partial charge in [-0.15, -0.1) is 0 Å². The molecule has 2 N–H and O–H groups in total. The third-order valence-corrected chi connectivity index (χ3v) is 5.22. The van der Waals surface area contributed by atoms with E-state index in [1.807, 2.05) is 12.1 Å². The highest BCUT2D eigenvalue weighted by atomic mass is 16.1. The summed E-state index contributed by atoms with van der Waals surface area (Å²) in [6.07, 6.45) is 8.23. The molecule has 0 saturated heterocycles. The van der Waals surface area contributed by atoms with Crippen molar-refractivity contribution in [3.8, 4) is 0 Å². The maximum atomic E-state index is 12.6. The summed E-state index contributed by atoms with van der Waals surface area (Å²) in [5, 5.41) is 0. The van der Waals surface area contributed by atoms with Crippen molar-refractivity contribution in [1.29, 1.82) is 0 Å². The van der Waals surface area contributed by atoms with E-state index in [0.29, 0.717) is 24.0 Å². The van der Waals surface area contributed by atoms with Crippen LogP contribution in [0.1, 0.15) is 24.0 Å². The Morgan fingerprint density at radius 1 is 1.28 bits per heavy atom. The van der Waals surface area contributed by atoms with Gasteiger partial charge in [-0.2, -0.15) is 0 Å². The highest BCUT2D eigenvalue weighted by Gasteiger charge is 2.54. The molecule has 1 aromatic rings. The van der Waals surface area contributed by atoms with Crippen molar-refractivity contribution in [2.24, 2.45) is 17.3 Å². The van der Waals surface area contributed by atoms with Crippen molar-refractivity contribution in [3.63, 3.8) is 0 Å². The van der Waals surface area contributed by atoms with E-state index >= 15 is 0 Å². The molecule has 4 rings (SSSR count). The summed E-state index contributed by atoms with van der Waals surface area (Å²) in [4.78, 5) is 12.6. The van der Waals surface area contributed by atoms with Gasteiger partial charge in [-0.1, -0.05) is 24.3 Å². The van der Waals surface area contributed by atoms with Crippen LogP contribution in [0, 0.1) is 17.3 Å². The standard InChI is InChI=1S/C16H17NO/c17-14-3-1-2-11-7-15(18)16(9-13(11)14)8-10-4-5-12(16)6-10/h1-5,10,12H,6-9,17H2. The summed E-state index contributed by atoms with van der Waals surface area (Å²) in [5.74, 6) is 1.53. The maximum absolute atomic E-state index is 12.6. The first-order valence-corrected chi connectivity index (χ1v) is 6.77. The van der Waals surface area contributed by atoms with E-state index in [1.165, 1.54) is 12.0 Å². The molecule has 18 heavy (non-hydrogen) atoms. The quantitative estimate of drug-likeness (QED) is 0.558. The van der Waals surface area contributed by atoms with Crippen molar-refractivity contribution in [3.05, 3.63) is 41.5 Å². The normalized spacial score (nSPS) is 36.3. The van der Waals surface area contributed by atoms with Crippen molar-refractivity contribution in [2.75, 3.05) is 5.73 Å². The van der Waals surface area contributed by atoms with E-state index in [2.05, 4.69) is 18.2 Å². The number of hydrogen-bond donors (Lipinski definition) is 1. The number of nitrogen functional groups attached to an aromatic ring is 1. The highest BCUT2D eigenvalue weighted by Crippen LogP contribution is 2.56. The number of hydrogen-bond acceptors (Lipinski definition) is 2. The number of anilines is 1. The van der Waals surface area contributed by atoms with E-state index in [-0.39, 0.29) is 5.41 Å². The van der Waals surface area contributed by atoms with E-state index in [4.69, 9.17) is 5.73 Å². The van der Waals surface area contributed by atoms with Gasteiger partial charge in [0.2, 0.25) is 0 Å². The zero-order valence-corrected chi connectivity index (χ0v) is 10.4. The number of carbonyl (C=O) groups excluding carboxylic acids is 1. The number of ketones is 1. The van der Waals surface area contributed by atoms with Crippen molar-refractivity contribution in [1.82, 2.24) is 0 Å². The number of carbonyl (C=O) groups is 1. The Morgan fingerprint density at radius 3 is 2.89 bits per heavy atom. The van der Waals surface area contributed by atoms with Crippen LogP contribution in [0.4, 0.5) is 5.69 Å². The van der Waals surface area contributed by atoms with E-state index in [1.54, 1.807) is 0 Å². The Balaban J connectivity index is 1.83. The lowest BCUT2D eigenvalue weighted by Gasteiger charge is -2.38. The molecule has 0 amide bonds. The van der Waals surface area contributed by atoms with E-state index in [9.17, 15) is 4.79 Å². The molecule has 3 atom stereocenters. The molecule has 0 radical (unpaired) electrons. The predicted octanol–water partition coefficient (Wildman–Crippen LogP) is 2.52. The molecule has 3 unspecified atom stereocenters. The van der Waals surface area contributed by atoms with Gasteiger partial charge in [-0.25, -0.2) is 0 Å². The molecule has 2 bridgehead atoms. The van der Waals surface area contributed by atoms with E-state index in [0.717, 1.165) is 24.1 Å². The van der Waals surface area contributed by atoms with Gasteiger partial charge in [0.05, 0.1) is 0 Å². The molecular formula is C16H17NO. The fraction of sp³-hybridized carbons (Fsp3) is 0.438. The van der Waals surface area contributed by atoms with Gasteiger partial charge in [-0.05, 0) is 48.3 Å². The van der Waals surface area contributed by atoms with Crippen LogP contribution < -0.4 is 5.73 Å². The minimum atomic E-state index is -0.123. The summed E-state index contributed by atoms with van der Waals surface area (Å²) in [6.45, 7) is 0. The molecule has 1 aromatic carbocycles. The molecule has 0 heterocycles. The summed E-state index contributed by atoms with van der Waals surface area (Å²) in [6, 6.07) is 5.98. The highest BCUT2D eigenvalue weighted by molar-refractivity contribution is 5.91. The predicted molar refractivity (Wildman–Crippen MR) is 71.1 cm³/mol. The monoisotopic (exact) mass is 239 g/mol. The number of fused-ring (bicyclic) bond motifs is 4. The first-order chi connectivity index (χ1) is 8.69. The van der Waals surface area contributed by atoms with Crippen molar-refractivity contribution in [2.45, 2.75) is 25.7 Å². The number of rotatable bonds is 0. The third-order valence-electron chi connectivity index (χ3n) is 5.22.